The van der Waals surface area contributed by atoms with Gasteiger partial charge in [-0.15, -0.1) is 0 Å². The highest BCUT2D eigenvalue weighted by Gasteiger charge is 2.10. The van der Waals surface area contributed by atoms with Gasteiger partial charge in [0, 0.05) is 13.1 Å². The molecule has 0 heterocycles. The molecule has 8 heteroatoms. The van der Waals surface area contributed by atoms with Crippen molar-refractivity contribution in [2.24, 2.45) is 0 Å². The van der Waals surface area contributed by atoms with Gasteiger partial charge in [0.25, 0.3) is 0 Å². The Hall–Kier alpha value is -3.42. The van der Waals surface area contributed by atoms with Crippen molar-refractivity contribution < 1.29 is 28.5 Å². The second-order valence-electron chi connectivity index (χ2n) is 6.76. The van der Waals surface area contributed by atoms with Gasteiger partial charge in [-0.05, 0) is 48.2 Å². The molecule has 0 aliphatic carbocycles. The van der Waals surface area contributed by atoms with Gasteiger partial charge in [0.15, 0.2) is 23.0 Å². The van der Waals surface area contributed by atoms with Crippen LogP contribution in [0.15, 0.2) is 36.4 Å². The highest BCUT2D eigenvalue weighted by atomic mass is 16.5. The van der Waals surface area contributed by atoms with E-state index in [0.29, 0.717) is 48.9 Å². The van der Waals surface area contributed by atoms with Crippen molar-refractivity contribution in [1.29, 1.82) is 0 Å². The average Bonchev–Trinajstić information content (AvgIpc) is 2.78. The van der Waals surface area contributed by atoms with Crippen LogP contribution in [0.2, 0.25) is 0 Å². The molecule has 168 valence electrons. The van der Waals surface area contributed by atoms with Crippen molar-refractivity contribution in [1.82, 2.24) is 10.6 Å². The predicted molar refractivity (Wildman–Crippen MR) is 117 cm³/mol. The standard InChI is InChI=1S/C23H30N2O6/c1-28-18-7-5-16(13-20(18)30-3)9-11-24-22(26)15-23(27)25-12-10-17-6-8-19(29-2)21(14-17)31-4/h5-8,13-14H,9-12,15H2,1-4H3,(H,24,26)(H,25,27). The minimum atomic E-state index is -0.316. The highest BCUT2D eigenvalue weighted by molar-refractivity contribution is 5.96. The summed E-state index contributed by atoms with van der Waals surface area (Å²) in [6.45, 7) is 0.848. The lowest BCUT2D eigenvalue weighted by Gasteiger charge is -2.11. The smallest absolute Gasteiger partial charge is 0.229 e. The molecule has 0 saturated carbocycles. The largest absolute Gasteiger partial charge is 0.493 e. The Labute approximate surface area is 182 Å². The van der Waals surface area contributed by atoms with Gasteiger partial charge in [-0.3, -0.25) is 9.59 Å². The summed E-state index contributed by atoms with van der Waals surface area (Å²) in [5.74, 6) is 1.95. The van der Waals surface area contributed by atoms with Crippen LogP contribution >= 0.6 is 0 Å². The molecule has 0 aliphatic rings. The normalized spacial score (nSPS) is 10.2. The number of benzene rings is 2. The number of hydrogen-bond donors (Lipinski definition) is 2. The zero-order chi connectivity index (χ0) is 22.6. The zero-order valence-corrected chi connectivity index (χ0v) is 18.4. The fourth-order valence-corrected chi connectivity index (χ4v) is 3.04. The number of rotatable bonds is 12. The van der Waals surface area contributed by atoms with Gasteiger partial charge in [-0.25, -0.2) is 0 Å². The van der Waals surface area contributed by atoms with Crippen molar-refractivity contribution in [2.75, 3.05) is 41.5 Å². The lowest BCUT2D eigenvalue weighted by Crippen LogP contribution is -2.33. The maximum absolute atomic E-state index is 12.0. The first-order valence-electron chi connectivity index (χ1n) is 9.96. The molecule has 31 heavy (non-hydrogen) atoms. The second kappa shape index (κ2) is 12.3. The fraction of sp³-hybridized carbons (Fsp3) is 0.391. The van der Waals surface area contributed by atoms with Crippen LogP contribution in [0, 0.1) is 0 Å². The third-order valence-corrected chi connectivity index (χ3v) is 4.69. The lowest BCUT2D eigenvalue weighted by molar-refractivity contribution is -0.129. The van der Waals surface area contributed by atoms with Crippen molar-refractivity contribution in [3.05, 3.63) is 47.5 Å². The Morgan fingerprint density at radius 3 is 1.39 bits per heavy atom. The summed E-state index contributed by atoms with van der Waals surface area (Å²) >= 11 is 0. The first-order chi connectivity index (χ1) is 15.0. The molecule has 0 aliphatic heterocycles. The van der Waals surface area contributed by atoms with E-state index >= 15 is 0 Å². The van der Waals surface area contributed by atoms with Gasteiger partial charge in [-0.2, -0.15) is 0 Å². The summed E-state index contributed by atoms with van der Waals surface area (Å²) in [5, 5.41) is 5.52. The van der Waals surface area contributed by atoms with E-state index in [2.05, 4.69) is 10.6 Å². The average molecular weight is 431 g/mol. The quantitative estimate of drug-likeness (QED) is 0.501. The van der Waals surface area contributed by atoms with Crippen LogP contribution in [0.3, 0.4) is 0 Å². The molecule has 0 unspecified atom stereocenters. The Morgan fingerprint density at radius 1 is 0.645 bits per heavy atom. The molecule has 8 nitrogen and oxygen atoms in total. The van der Waals surface area contributed by atoms with Crippen LogP contribution in [0.1, 0.15) is 17.5 Å². The maximum Gasteiger partial charge on any atom is 0.229 e. The molecular formula is C23H30N2O6. The monoisotopic (exact) mass is 430 g/mol. The molecule has 0 fully saturated rings. The van der Waals surface area contributed by atoms with Gasteiger partial charge in [0.2, 0.25) is 11.8 Å². The molecule has 2 amide bonds. The van der Waals surface area contributed by atoms with E-state index in [-0.39, 0.29) is 18.2 Å². The van der Waals surface area contributed by atoms with E-state index in [0.717, 1.165) is 11.1 Å². The van der Waals surface area contributed by atoms with Gasteiger partial charge >= 0.3 is 0 Å². The van der Waals surface area contributed by atoms with E-state index in [9.17, 15) is 9.59 Å². The third kappa shape index (κ3) is 7.40. The number of amides is 2. The van der Waals surface area contributed by atoms with Crippen molar-refractivity contribution >= 4 is 11.8 Å². The predicted octanol–water partition coefficient (Wildman–Crippen LogP) is 2.13. The highest BCUT2D eigenvalue weighted by Crippen LogP contribution is 2.28. The van der Waals surface area contributed by atoms with Crippen molar-refractivity contribution in [3.8, 4) is 23.0 Å². The van der Waals surface area contributed by atoms with Crippen LogP contribution in [0.5, 0.6) is 23.0 Å². The fourth-order valence-electron chi connectivity index (χ4n) is 3.04. The summed E-state index contributed by atoms with van der Waals surface area (Å²) in [6, 6.07) is 11.2. The van der Waals surface area contributed by atoms with Crippen LogP contribution in [-0.4, -0.2) is 53.3 Å². The Balaban J connectivity index is 1.70. The third-order valence-electron chi connectivity index (χ3n) is 4.69. The summed E-state index contributed by atoms with van der Waals surface area (Å²) in [7, 11) is 6.31. The molecule has 2 aromatic carbocycles. The molecule has 2 N–H and O–H groups in total. The van der Waals surface area contributed by atoms with E-state index in [1.807, 2.05) is 36.4 Å². The van der Waals surface area contributed by atoms with Gasteiger partial charge in [0.05, 0.1) is 28.4 Å². The second-order valence-corrected chi connectivity index (χ2v) is 6.76. The molecular weight excluding hydrogens is 400 g/mol. The van der Waals surface area contributed by atoms with Gasteiger partial charge in [-0.1, -0.05) is 12.1 Å². The van der Waals surface area contributed by atoms with E-state index in [1.165, 1.54) is 0 Å². The minimum absolute atomic E-state index is 0.210. The van der Waals surface area contributed by atoms with E-state index in [4.69, 9.17) is 18.9 Å². The van der Waals surface area contributed by atoms with Crippen molar-refractivity contribution in [2.45, 2.75) is 19.3 Å². The molecule has 0 atom stereocenters. The first kappa shape index (κ1) is 23.9. The molecule has 0 saturated heterocycles. The summed E-state index contributed by atoms with van der Waals surface area (Å²) in [4.78, 5) is 24.0. The Bertz CT molecular complexity index is 813. The maximum atomic E-state index is 12.0. The number of methoxy groups -OCH3 is 4. The Morgan fingerprint density at radius 2 is 1.03 bits per heavy atom. The SMILES string of the molecule is COc1ccc(CCNC(=O)CC(=O)NCCc2ccc(OC)c(OC)c2)cc1OC. The number of hydrogen-bond acceptors (Lipinski definition) is 6. The van der Waals surface area contributed by atoms with Crippen LogP contribution in [0.25, 0.3) is 0 Å². The number of carbonyl (C=O) groups excluding carboxylic acids is 2. The Kier molecular flexibility index (Phi) is 9.48. The molecule has 2 rings (SSSR count). The first-order valence-corrected chi connectivity index (χ1v) is 9.96. The lowest BCUT2D eigenvalue weighted by atomic mass is 10.1. The van der Waals surface area contributed by atoms with Gasteiger partial charge in [0.1, 0.15) is 6.42 Å². The zero-order valence-electron chi connectivity index (χ0n) is 18.4. The molecule has 2 aromatic rings. The summed E-state index contributed by atoms with van der Waals surface area (Å²) in [5.41, 5.74) is 2.00. The van der Waals surface area contributed by atoms with Gasteiger partial charge < -0.3 is 29.6 Å². The molecule has 0 radical (unpaired) electrons. The number of ether oxygens (including phenoxy) is 4. The van der Waals surface area contributed by atoms with Crippen LogP contribution in [0.4, 0.5) is 0 Å². The van der Waals surface area contributed by atoms with Crippen LogP contribution in [-0.2, 0) is 22.4 Å². The molecule has 0 bridgehead atoms. The van der Waals surface area contributed by atoms with E-state index < -0.39 is 0 Å². The number of carbonyl (C=O) groups is 2. The molecule has 0 aromatic heterocycles. The van der Waals surface area contributed by atoms with Crippen molar-refractivity contribution in [3.63, 3.8) is 0 Å². The van der Waals surface area contributed by atoms with Crippen LogP contribution < -0.4 is 29.6 Å². The summed E-state index contributed by atoms with van der Waals surface area (Å²) in [6.07, 6.45) is 1.03. The van der Waals surface area contributed by atoms with E-state index in [1.54, 1.807) is 28.4 Å². The minimum Gasteiger partial charge on any atom is -0.493 e. The topological polar surface area (TPSA) is 95.1 Å². The number of nitrogens with one attached hydrogen (secondary N) is 2. The summed E-state index contributed by atoms with van der Waals surface area (Å²) < 4.78 is 21.0. The molecule has 0 spiro atoms.